The Balaban J connectivity index is 1.52. The van der Waals surface area contributed by atoms with Crippen molar-refractivity contribution in [2.45, 2.75) is 0 Å². The van der Waals surface area contributed by atoms with Crippen LogP contribution in [0.25, 0.3) is 55.8 Å². The second-order valence-electron chi connectivity index (χ2n) is 7.28. The van der Waals surface area contributed by atoms with Gasteiger partial charge < -0.3 is 10.1 Å². The number of phenolic OH excluding ortho intramolecular Hbond substituents is 1. The highest BCUT2D eigenvalue weighted by atomic mass is 19.1. The summed E-state index contributed by atoms with van der Waals surface area (Å²) in [5.74, 6) is -0.689. The van der Waals surface area contributed by atoms with Gasteiger partial charge in [-0.15, -0.1) is 0 Å². The zero-order valence-corrected chi connectivity index (χ0v) is 16.4. The minimum atomic E-state index is -0.532. The molecular formula is C23H14FN7O. The zero-order valence-electron chi connectivity index (χ0n) is 16.4. The summed E-state index contributed by atoms with van der Waals surface area (Å²) in [5.41, 5.74) is 5.45. The molecule has 6 aromatic rings. The fourth-order valence-corrected chi connectivity index (χ4v) is 3.82. The van der Waals surface area contributed by atoms with Crippen molar-refractivity contribution in [3.05, 3.63) is 73.2 Å². The third kappa shape index (κ3) is 2.95. The van der Waals surface area contributed by atoms with Gasteiger partial charge in [0.05, 0.1) is 23.3 Å². The molecule has 1 aromatic carbocycles. The summed E-state index contributed by atoms with van der Waals surface area (Å²) in [4.78, 5) is 20.7. The van der Waals surface area contributed by atoms with E-state index in [0.717, 1.165) is 33.6 Å². The zero-order chi connectivity index (χ0) is 21.7. The maximum absolute atomic E-state index is 13.9. The summed E-state index contributed by atoms with van der Waals surface area (Å²) in [7, 11) is 0. The molecule has 0 aliphatic carbocycles. The molecule has 5 heterocycles. The van der Waals surface area contributed by atoms with E-state index in [-0.39, 0.29) is 5.75 Å². The van der Waals surface area contributed by atoms with Crippen molar-refractivity contribution in [2.24, 2.45) is 0 Å². The van der Waals surface area contributed by atoms with Gasteiger partial charge in [0, 0.05) is 58.3 Å². The van der Waals surface area contributed by atoms with Crippen LogP contribution in [0.4, 0.5) is 4.39 Å². The fourth-order valence-electron chi connectivity index (χ4n) is 3.82. The lowest BCUT2D eigenvalue weighted by molar-refractivity contribution is 0.469. The molecule has 0 fully saturated rings. The van der Waals surface area contributed by atoms with E-state index >= 15 is 0 Å². The van der Waals surface area contributed by atoms with Crippen LogP contribution >= 0.6 is 0 Å². The van der Waals surface area contributed by atoms with Crippen molar-refractivity contribution in [1.29, 1.82) is 0 Å². The van der Waals surface area contributed by atoms with E-state index in [9.17, 15) is 9.50 Å². The van der Waals surface area contributed by atoms with Crippen molar-refractivity contribution in [2.75, 3.05) is 0 Å². The summed E-state index contributed by atoms with van der Waals surface area (Å²) in [6, 6.07) is 9.59. The van der Waals surface area contributed by atoms with E-state index in [0.29, 0.717) is 28.3 Å². The number of phenols is 1. The highest BCUT2D eigenvalue weighted by molar-refractivity contribution is 6.00. The van der Waals surface area contributed by atoms with Crippen molar-refractivity contribution in [3.63, 3.8) is 0 Å². The lowest BCUT2D eigenvalue weighted by Gasteiger charge is -2.03. The number of aromatic hydroxyl groups is 1. The van der Waals surface area contributed by atoms with Crippen LogP contribution in [0.2, 0.25) is 0 Å². The Bertz CT molecular complexity index is 1590. The molecule has 154 valence electrons. The van der Waals surface area contributed by atoms with Gasteiger partial charge in [-0.3, -0.25) is 20.1 Å². The van der Waals surface area contributed by atoms with Crippen molar-refractivity contribution >= 4 is 21.9 Å². The van der Waals surface area contributed by atoms with Gasteiger partial charge in [0.2, 0.25) is 0 Å². The average molecular weight is 423 g/mol. The Morgan fingerprint density at radius 1 is 0.812 bits per heavy atom. The predicted octanol–water partition coefficient (Wildman–Crippen LogP) is 4.47. The van der Waals surface area contributed by atoms with E-state index < -0.39 is 5.82 Å². The molecule has 32 heavy (non-hydrogen) atoms. The lowest BCUT2D eigenvalue weighted by atomic mass is 10.1. The first-order valence-electron chi connectivity index (χ1n) is 9.74. The van der Waals surface area contributed by atoms with Crippen LogP contribution < -0.4 is 0 Å². The molecule has 0 bridgehead atoms. The summed E-state index contributed by atoms with van der Waals surface area (Å²) in [6.45, 7) is 0. The minimum Gasteiger partial charge on any atom is -0.508 e. The quantitative estimate of drug-likeness (QED) is 0.387. The highest BCUT2D eigenvalue weighted by Crippen LogP contribution is 2.34. The third-order valence-electron chi connectivity index (χ3n) is 5.23. The Kier molecular flexibility index (Phi) is 3.94. The molecule has 0 atom stereocenters. The van der Waals surface area contributed by atoms with Gasteiger partial charge >= 0.3 is 0 Å². The Hall–Kier alpha value is -4.66. The first-order valence-corrected chi connectivity index (χ1v) is 9.74. The summed E-state index contributed by atoms with van der Waals surface area (Å²) >= 11 is 0. The molecule has 5 aromatic heterocycles. The van der Waals surface area contributed by atoms with E-state index in [2.05, 4.69) is 35.1 Å². The van der Waals surface area contributed by atoms with Crippen LogP contribution in [0.5, 0.6) is 5.75 Å². The summed E-state index contributed by atoms with van der Waals surface area (Å²) in [6.07, 6.45) is 8.28. The maximum atomic E-state index is 13.9. The van der Waals surface area contributed by atoms with Crippen LogP contribution in [0.3, 0.4) is 0 Å². The second kappa shape index (κ2) is 6.95. The number of nitrogens with zero attached hydrogens (tertiary/aromatic N) is 5. The van der Waals surface area contributed by atoms with Gasteiger partial charge in [-0.05, 0) is 30.3 Å². The first kappa shape index (κ1) is 18.1. The number of hydrogen-bond acceptors (Lipinski definition) is 6. The molecule has 0 amide bonds. The average Bonchev–Trinajstić information content (AvgIpc) is 3.42. The Morgan fingerprint density at radius 3 is 2.59 bits per heavy atom. The van der Waals surface area contributed by atoms with E-state index in [4.69, 9.17) is 0 Å². The largest absolute Gasteiger partial charge is 0.508 e. The molecule has 9 heteroatoms. The van der Waals surface area contributed by atoms with Crippen molar-refractivity contribution in [3.8, 4) is 39.7 Å². The van der Waals surface area contributed by atoms with E-state index in [1.165, 1.54) is 12.1 Å². The predicted molar refractivity (Wildman–Crippen MR) is 117 cm³/mol. The number of nitrogens with one attached hydrogen (secondary N) is 2. The topological polar surface area (TPSA) is 116 Å². The molecule has 0 saturated carbocycles. The smallest absolute Gasteiger partial charge is 0.155 e. The highest BCUT2D eigenvalue weighted by Gasteiger charge is 2.16. The molecule has 0 aliphatic rings. The number of benzene rings is 1. The van der Waals surface area contributed by atoms with Crippen LogP contribution in [0, 0.1) is 5.82 Å². The molecule has 0 spiro atoms. The molecule has 3 N–H and O–H groups in total. The maximum Gasteiger partial charge on any atom is 0.155 e. The summed E-state index contributed by atoms with van der Waals surface area (Å²) in [5, 5.41) is 18.8. The number of aromatic nitrogens is 7. The van der Waals surface area contributed by atoms with Crippen LogP contribution in [0.1, 0.15) is 0 Å². The fraction of sp³-hybridized carbons (Fsp3) is 0. The number of H-pyrrole nitrogens is 2. The summed E-state index contributed by atoms with van der Waals surface area (Å²) < 4.78 is 13.9. The minimum absolute atomic E-state index is 0.157. The number of pyridine rings is 2. The van der Waals surface area contributed by atoms with E-state index in [1.807, 2.05) is 18.2 Å². The van der Waals surface area contributed by atoms with Crippen molar-refractivity contribution < 1.29 is 9.50 Å². The number of rotatable bonds is 3. The normalized spacial score (nSPS) is 11.4. The van der Waals surface area contributed by atoms with Crippen LogP contribution in [0.15, 0.2) is 67.4 Å². The number of halogens is 1. The van der Waals surface area contributed by atoms with Crippen molar-refractivity contribution in [1.82, 2.24) is 35.1 Å². The molecule has 8 nitrogen and oxygen atoms in total. The van der Waals surface area contributed by atoms with E-state index in [1.54, 1.807) is 31.0 Å². The van der Waals surface area contributed by atoms with Gasteiger partial charge in [0.15, 0.2) is 5.65 Å². The molecule has 0 unspecified atom stereocenters. The first-order chi connectivity index (χ1) is 15.7. The van der Waals surface area contributed by atoms with Crippen LogP contribution in [-0.4, -0.2) is 40.2 Å². The van der Waals surface area contributed by atoms with Gasteiger partial charge in [0.25, 0.3) is 0 Å². The number of aromatic amines is 2. The monoisotopic (exact) mass is 423 g/mol. The van der Waals surface area contributed by atoms with Gasteiger partial charge in [-0.1, -0.05) is 0 Å². The lowest BCUT2D eigenvalue weighted by Crippen LogP contribution is -1.86. The molecule has 6 rings (SSSR count). The van der Waals surface area contributed by atoms with Gasteiger partial charge in [-0.25, -0.2) is 9.37 Å². The number of fused-ring (bicyclic) bond motifs is 2. The van der Waals surface area contributed by atoms with Gasteiger partial charge in [-0.2, -0.15) is 5.10 Å². The van der Waals surface area contributed by atoms with Gasteiger partial charge in [0.1, 0.15) is 17.3 Å². The third-order valence-corrected chi connectivity index (χ3v) is 5.23. The SMILES string of the molecule is Oc1cc(F)cc(-c2nccc3[nH]c(-c4n[nH]c5ncc(-c6cnccn6)cc45)cc23)c1. The molecule has 0 aliphatic heterocycles. The number of hydrogen-bond donors (Lipinski definition) is 3. The van der Waals surface area contributed by atoms with Crippen LogP contribution in [-0.2, 0) is 0 Å². The molecular weight excluding hydrogens is 409 g/mol. The molecule has 0 saturated heterocycles. The Morgan fingerprint density at radius 2 is 1.75 bits per heavy atom. The molecule has 0 radical (unpaired) electrons. The standard InChI is InChI=1S/C23H14FN7O/c24-14-5-12(6-15(32)8-14)21-16-9-19(29-18(16)1-2-27-21)22-17-7-13(10-28-23(17)31-30-22)20-11-25-3-4-26-20/h1-11,29,32H,(H,28,30,31). The second-order valence-corrected chi connectivity index (χ2v) is 7.28. The Labute approximate surface area is 179 Å².